The van der Waals surface area contributed by atoms with Crippen molar-refractivity contribution in [2.24, 2.45) is 0 Å². The van der Waals surface area contributed by atoms with E-state index in [0.29, 0.717) is 17.4 Å². The first-order valence-corrected chi connectivity index (χ1v) is 6.85. The van der Waals surface area contributed by atoms with Gasteiger partial charge in [-0.3, -0.25) is 0 Å². The van der Waals surface area contributed by atoms with Crippen LogP contribution in [0.5, 0.6) is 0 Å². The van der Waals surface area contributed by atoms with Crippen molar-refractivity contribution < 1.29 is 8.42 Å². The number of rotatable bonds is 2. The van der Waals surface area contributed by atoms with E-state index in [1.54, 1.807) is 18.2 Å². The molecule has 1 aliphatic rings. The van der Waals surface area contributed by atoms with Crippen LogP contribution < -0.4 is 5.32 Å². The summed E-state index contributed by atoms with van der Waals surface area (Å²) < 4.78 is 22.4. The molecule has 2 rings (SSSR count). The Bertz CT molecular complexity index is 461. The average molecular weight is 247 g/mol. The van der Waals surface area contributed by atoms with E-state index in [9.17, 15) is 8.42 Å². The minimum atomic E-state index is -2.85. The van der Waals surface area contributed by atoms with Crippen LogP contribution >= 0.6 is 11.6 Å². The van der Waals surface area contributed by atoms with Gasteiger partial charge in [-0.1, -0.05) is 17.7 Å². The summed E-state index contributed by atoms with van der Waals surface area (Å²) in [7, 11) is -2.85. The summed E-state index contributed by atoms with van der Waals surface area (Å²) in [5.74, 6) is 1.07. The maximum Gasteiger partial charge on any atom is 0.152 e. The van der Waals surface area contributed by atoms with E-state index in [0.717, 1.165) is 0 Å². The first-order valence-electron chi connectivity index (χ1n) is 4.65. The molecule has 1 fully saturated rings. The molecule has 6 heteroatoms. The molecule has 15 heavy (non-hydrogen) atoms. The van der Waals surface area contributed by atoms with Crippen molar-refractivity contribution in [3.8, 4) is 0 Å². The minimum absolute atomic E-state index is 0.0408. The zero-order valence-electron chi connectivity index (χ0n) is 7.98. The largest absolute Gasteiger partial charge is 0.366 e. The highest BCUT2D eigenvalue weighted by molar-refractivity contribution is 7.91. The topological polar surface area (TPSA) is 59.1 Å². The van der Waals surface area contributed by atoms with E-state index < -0.39 is 9.84 Å². The average Bonchev–Trinajstić information content (AvgIpc) is 2.45. The molecule has 1 unspecified atom stereocenters. The second kappa shape index (κ2) is 3.98. The SMILES string of the molecule is O=S1(=O)CCC(Nc2cccc(Cl)n2)C1. The maximum atomic E-state index is 11.2. The van der Waals surface area contributed by atoms with E-state index in [4.69, 9.17) is 11.6 Å². The molecule has 0 saturated carbocycles. The van der Waals surface area contributed by atoms with Gasteiger partial charge in [0.05, 0.1) is 11.5 Å². The summed E-state index contributed by atoms with van der Waals surface area (Å²) in [4.78, 5) is 4.04. The van der Waals surface area contributed by atoms with E-state index in [1.807, 2.05) is 0 Å². The predicted molar refractivity (Wildman–Crippen MR) is 59.9 cm³/mol. The van der Waals surface area contributed by atoms with Crippen LogP contribution in [0, 0.1) is 0 Å². The lowest BCUT2D eigenvalue weighted by atomic mass is 10.2. The lowest BCUT2D eigenvalue weighted by Crippen LogP contribution is -2.21. The van der Waals surface area contributed by atoms with Crippen LogP contribution in [0.3, 0.4) is 0 Å². The third-order valence-corrected chi connectivity index (χ3v) is 4.28. The summed E-state index contributed by atoms with van der Waals surface area (Å²) in [5, 5.41) is 3.47. The van der Waals surface area contributed by atoms with Crippen molar-refractivity contribution >= 4 is 27.3 Å². The summed E-state index contributed by atoms with van der Waals surface area (Å²) in [6.07, 6.45) is 0.635. The highest BCUT2D eigenvalue weighted by Crippen LogP contribution is 2.17. The number of sulfone groups is 1. The molecule has 1 N–H and O–H groups in total. The standard InChI is InChI=1S/C9H11ClN2O2S/c10-8-2-1-3-9(12-8)11-7-4-5-15(13,14)6-7/h1-3,7H,4-6H2,(H,11,12). The third kappa shape index (κ3) is 2.82. The number of hydrogen-bond donors (Lipinski definition) is 1. The Morgan fingerprint density at radius 2 is 2.27 bits per heavy atom. The molecule has 1 saturated heterocycles. The van der Waals surface area contributed by atoms with Gasteiger partial charge >= 0.3 is 0 Å². The Morgan fingerprint density at radius 3 is 2.87 bits per heavy atom. The van der Waals surface area contributed by atoms with Crippen molar-refractivity contribution in [3.63, 3.8) is 0 Å². The molecule has 0 amide bonds. The van der Waals surface area contributed by atoms with Gasteiger partial charge in [0.2, 0.25) is 0 Å². The fourth-order valence-corrected chi connectivity index (χ4v) is 3.44. The molecule has 1 aromatic heterocycles. The first-order chi connectivity index (χ1) is 7.05. The first kappa shape index (κ1) is 10.7. The van der Waals surface area contributed by atoms with E-state index in [-0.39, 0.29) is 17.5 Å². The Hall–Kier alpha value is -0.810. The molecule has 1 aromatic rings. The summed E-state index contributed by atoms with van der Waals surface area (Å²) in [5.41, 5.74) is 0. The lowest BCUT2D eigenvalue weighted by Gasteiger charge is -2.10. The van der Waals surface area contributed by atoms with Crippen LogP contribution in [-0.2, 0) is 9.84 Å². The molecular formula is C9H11ClN2O2S. The van der Waals surface area contributed by atoms with E-state index >= 15 is 0 Å². The second-order valence-corrected chi connectivity index (χ2v) is 6.21. The lowest BCUT2D eigenvalue weighted by molar-refractivity contribution is 0.602. The summed E-state index contributed by atoms with van der Waals surface area (Å²) in [6.45, 7) is 0. The van der Waals surface area contributed by atoms with Gasteiger partial charge in [0.15, 0.2) is 9.84 Å². The Balaban J connectivity index is 2.05. The Kier molecular flexibility index (Phi) is 2.84. The fourth-order valence-electron chi connectivity index (χ4n) is 1.61. The number of hydrogen-bond acceptors (Lipinski definition) is 4. The number of pyridine rings is 1. The molecule has 0 spiro atoms. The molecule has 0 aromatic carbocycles. The molecule has 0 radical (unpaired) electrons. The van der Waals surface area contributed by atoms with Gasteiger partial charge in [-0.25, -0.2) is 13.4 Å². The summed E-state index contributed by atoms with van der Waals surface area (Å²) >= 11 is 5.72. The van der Waals surface area contributed by atoms with Gasteiger partial charge < -0.3 is 5.32 Å². The molecule has 82 valence electrons. The highest BCUT2D eigenvalue weighted by atomic mass is 35.5. The maximum absolute atomic E-state index is 11.2. The van der Waals surface area contributed by atoms with Crippen LogP contribution in [-0.4, -0.2) is 30.9 Å². The second-order valence-electron chi connectivity index (χ2n) is 3.59. The zero-order chi connectivity index (χ0) is 10.9. The van der Waals surface area contributed by atoms with Crippen LogP contribution in [0.2, 0.25) is 5.15 Å². The quantitative estimate of drug-likeness (QED) is 0.800. The predicted octanol–water partition coefficient (Wildman–Crippen LogP) is 1.33. The number of nitrogens with one attached hydrogen (secondary N) is 1. The molecule has 4 nitrogen and oxygen atoms in total. The fraction of sp³-hybridized carbons (Fsp3) is 0.444. The van der Waals surface area contributed by atoms with Crippen molar-refractivity contribution in [2.45, 2.75) is 12.5 Å². The van der Waals surface area contributed by atoms with Crippen molar-refractivity contribution in [1.29, 1.82) is 0 Å². The number of halogens is 1. The van der Waals surface area contributed by atoms with Gasteiger partial charge in [-0.15, -0.1) is 0 Å². The molecule has 1 atom stereocenters. The number of nitrogens with zero attached hydrogens (tertiary/aromatic N) is 1. The smallest absolute Gasteiger partial charge is 0.152 e. The van der Waals surface area contributed by atoms with Crippen LogP contribution in [0.4, 0.5) is 5.82 Å². The van der Waals surface area contributed by atoms with Gasteiger partial charge in [-0.05, 0) is 18.6 Å². The highest BCUT2D eigenvalue weighted by Gasteiger charge is 2.27. The van der Waals surface area contributed by atoms with Crippen molar-refractivity contribution in [1.82, 2.24) is 4.98 Å². The number of anilines is 1. The minimum Gasteiger partial charge on any atom is -0.366 e. The van der Waals surface area contributed by atoms with Crippen molar-refractivity contribution in [3.05, 3.63) is 23.4 Å². The van der Waals surface area contributed by atoms with Gasteiger partial charge in [-0.2, -0.15) is 0 Å². The molecule has 1 aliphatic heterocycles. The van der Waals surface area contributed by atoms with E-state index in [2.05, 4.69) is 10.3 Å². The van der Waals surface area contributed by atoms with Gasteiger partial charge in [0, 0.05) is 6.04 Å². The Labute approximate surface area is 93.6 Å². The summed E-state index contributed by atoms with van der Waals surface area (Å²) in [6, 6.07) is 5.19. The number of aromatic nitrogens is 1. The van der Waals surface area contributed by atoms with Crippen LogP contribution in [0.1, 0.15) is 6.42 Å². The van der Waals surface area contributed by atoms with Crippen LogP contribution in [0.25, 0.3) is 0 Å². The van der Waals surface area contributed by atoms with E-state index in [1.165, 1.54) is 0 Å². The molecule has 0 aliphatic carbocycles. The third-order valence-electron chi connectivity index (χ3n) is 2.30. The molecular weight excluding hydrogens is 236 g/mol. The van der Waals surface area contributed by atoms with Crippen molar-refractivity contribution in [2.75, 3.05) is 16.8 Å². The monoisotopic (exact) mass is 246 g/mol. The Morgan fingerprint density at radius 1 is 1.47 bits per heavy atom. The molecule has 0 bridgehead atoms. The van der Waals surface area contributed by atoms with Gasteiger partial charge in [0.1, 0.15) is 11.0 Å². The van der Waals surface area contributed by atoms with Gasteiger partial charge in [0.25, 0.3) is 0 Å². The van der Waals surface area contributed by atoms with Crippen LogP contribution in [0.15, 0.2) is 18.2 Å². The zero-order valence-corrected chi connectivity index (χ0v) is 9.55. The molecule has 2 heterocycles. The normalized spacial score (nSPS) is 23.9.